The SMILES string of the molecule is O=C1CC[C@](CCC(=O)N2CCC[C@H](OCc3ccccc3)C2)(Cc2ccc3c(c2)OCO3)N1. The fourth-order valence-electron chi connectivity index (χ4n) is 5.22. The summed E-state index contributed by atoms with van der Waals surface area (Å²) in [6.07, 6.45) is 4.92. The van der Waals surface area contributed by atoms with E-state index in [1.807, 2.05) is 41.3 Å². The lowest BCUT2D eigenvalue weighted by Crippen LogP contribution is -2.46. The summed E-state index contributed by atoms with van der Waals surface area (Å²) >= 11 is 0. The van der Waals surface area contributed by atoms with Gasteiger partial charge in [0.1, 0.15) is 0 Å². The molecule has 0 aromatic heterocycles. The number of nitrogens with zero attached hydrogens (tertiary/aromatic N) is 1. The van der Waals surface area contributed by atoms with E-state index in [1.165, 1.54) is 0 Å². The average Bonchev–Trinajstić information content (AvgIpc) is 3.48. The molecule has 0 unspecified atom stereocenters. The molecule has 180 valence electrons. The fourth-order valence-corrected chi connectivity index (χ4v) is 5.22. The molecule has 2 fully saturated rings. The Balaban J connectivity index is 1.17. The van der Waals surface area contributed by atoms with Gasteiger partial charge in [-0.25, -0.2) is 0 Å². The molecule has 0 saturated carbocycles. The number of carbonyl (C=O) groups excluding carboxylic acids is 2. The summed E-state index contributed by atoms with van der Waals surface area (Å²) in [7, 11) is 0. The molecule has 2 amide bonds. The van der Waals surface area contributed by atoms with Crippen LogP contribution in [0, 0.1) is 0 Å². The summed E-state index contributed by atoms with van der Waals surface area (Å²) < 4.78 is 17.0. The van der Waals surface area contributed by atoms with E-state index in [0.29, 0.717) is 38.8 Å². The first-order valence-electron chi connectivity index (χ1n) is 12.2. The molecular formula is C27H32N2O5. The number of ether oxygens (including phenoxy) is 3. The van der Waals surface area contributed by atoms with Crippen LogP contribution in [0.5, 0.6) is 11.5 Å². The molecule has 0 bridgehead atoms. The normalized spacial score (nSPS) is 23.7. The minimum Gasteiger partial charge on any atom is -0.454 e. The van der Waals surface area contributed by atoms with E-state index >= 15 is 0 Å². The Morgan fingerprint density at radius 3 is 2.79 bits per heavy atom. The quantitative estimate of drug-likeness (QED) is 0.646. The molecule has 0 radical (unpaired) electrons. The van der Waals surface area contributed by atoms with Crippen molar-refractivity contribution in [3.8, 4) is 11.5 Å². The first-order valence-corrected chi connectivity index (χ1v) is 12.2. The first-order chi connectivity index (χ1) is 16.6. The monoisotopic (exact) mass is 464 g/mol. The highest BCUT2D eigenvalue weighted by atomic mass is 16.7. The van der Waals surface area contributed by atoms with Crippen molar-refractivity contribution >= 4 is 11.8 Å². The number of hydrogen-bond acceptors (Lipinski definition) is 5. The third kappa shape index (κ3) is 5.36. The van der Waals surface area contributed by atoms with Crippen molar-refractivity contribution in [3.05, 3.63) is 59.7 Å². The smallest absolute Gasteiger partial charge is 0.231 e. The average molecular weight is 465 g/mol. The highest BCUT2D eigenvalue weighted by molar-refractivity contribution is 5.80. The highest BCUT2D eigenvalue weighted by Gasteiger charge is 2.39. The molecule has 2 saturated heterocycles. The molecule has 2 aromatic rings. The Morgan fingerprint density at radius 1 is 1.12 bits per heavy atom. The molecule has 0 aliphatic carbocycles. The van der Waals surface area contributed by atoms with Gasteiger partial charge in [0.2, 0.25) is 18.6 Å². The summed E-state index contributed by atoms with van der Waals surface area (Å²) in [5, 5.41) is 3.18. The van der Waals surface area contributed by atoms with E-state index in [1.54, 1.807) is 0 Å². The van der Waals surface area contributed by atoms with E-state index < -0.39 is 5.54 Å². The summed E-state index contributed by atoms with van der Waals surface area (Å²) in [5.74, 6) is 1.68. The van der Waals surface area contributed by atoms with Gasteiger partial charge in [-0.15, -0.1) is 0 Å². The second-order valence-electron chi connectivity index (χ2n) is 9.59. The molecule has 2 atom stereocenters. The summed E-state index contributed by atoms with van der Waals surface area (Å²) in [5.41, 5.74) is 1.82. The van der Waals surface area contributed by atoms with Crippen LogP contribution in [0.2, 0.25) is 0 Å². The molecule has 3 aliphatic heterocycles. The number of fused-ring (bicyclic) bond motifs is 1. The van der Waals surface area contributed by atoms with Crippen LogP contribution in [0.15, 0.2) is 48.5 Å². The number of hydrogen-bond donors (Lipinski definition) is 1. The van der Waals surface area contributed by atoms with Gasteiger partial charge >= 0.3 is 0 Å². The minimum absolute atomic E-state index is 0.0561. The lowest BCUT2D eigenvalue weighted by atomic mass is 9.84. The van der Waals surface area contributed by atoms with Crippen LogP contribution in [-0.4, -0.2) is 48.2 Å². The Hall–Kier alpha value is -3.06. The third-order valence-electron chi connectivity index (χ3n) is 7.09. The second kappa shape index (κ2) is 10.1. The van der Waals surface area contributed by atoms with Crippen LogP contribution in [-0.2, 0) is 27.4 Å². The number of benzene rings is 2. The maximum atomic E-state index is 13.1. The van der Waals surface area contributed by atoms with Crippen LogP contribution in [0.3, 0.4) is 0 Å². The lowest BCUT2D eigenvalue weighted by Gasteiger charge is -2.34. The van der Waals surface area contributed by atoms with Gasteiger partial charge in [-0.3, -0.25) is 9.59 Å². The zero-order valence-electron chi connectivity index (χ0n) is 19.5. The Morgan fingerprint density at radius 2 is 1.97 bits per heavy atom. The van der Waals surface area contributed by atoms with Crippen molar-refractivity contribution in [2.24, 2.45) is 0 Å². The van der Waals surface area contributed by atoms with E-state index in [4.69, 9.17) is 14.2 Å². The lowest BCUT2D eigenvalue weighted by molar-refractivity contribution is -0.136. The summed E-state index contributed by atoms with van der Waals surface area (Å²) in [6, 6.07) is 16.0. The molecule has 1 N–H and O–H groups in total. The van der Waals surface area contributed by atoms with Crippen LogP contribution < -0.4 is 14.8 Å². The van der Waals surface area contributed by atoms with Gasteiger partial charge in [0.15, 0.2) is 11.5 Å². The van der Waals surface area contributed by atoms with Crippen LogP contribution >= 0.6 is 0 Å². The van der Waals surface area contributed by atoms with E-state index in [9.17, 15) is 9.59 Å². The third-order valence-corrected chi connectivity index (χ3v) is 7.09. The van der Waals surface area contributed by atoms with Crippen molar-refractivity contribution in [1.29, 1.82) is 0 Å². The summed E-state index contributed by atoms with van der Waals surface area (Å²) in [6.45, 7) is 2.21. The minimum atomic E-state index is -0.403. The molecule has 7 nitrogen and oxygen atoms in total. The molecule has 5 rings (SSSR count). The number of carbonyl (C=O) groups is 2. The van der Waals surface area contributed by atoms with Gasteiger partial charge in [0, 0.05) is 31.5 Å². The number of amides is 2. The van der Waals surface area contributed by atoms with E-state index in [0.717, 1.165) is 48.4 Å². The molecule has 34 heavy (non-hydrogen) atoms. The molecular weight excluding hydrogens is 432 g/mol. The van der Waals surface area contributed by atoms with Gasteiger partial charge in [-0.05, 0) is 55.4 Å². The number of likely N-dealkylation sites (tertiary alicyclic amines) is 1. The number of nitrogens with one attached hydrogen (secondary N) is 1. The van der Waals surface area contributed by atoms with Crippen molar-refractivity contribution in [3.63, 3.8) is 0 Å². The Bertz CT molecular complexity index is 1030. The maximum absolute atomic E-state index is 13.1. The zero-order valence-corrected chi connectivity index (χ0v) is 19.5. The summed E-state index contributed by atoms with van der Waals surface area (Å²) in [4.78, 5) is 27.2. The van der Waals surface area contributed by atoms with Gasteiger partial charge in [-0.1, -0.05) is 36.4 Å². The predicted molar refractivity (Wildman–Crippen MR) is 126 cm³/mol. The van der Waals surface area contributed by atoms with Crippen LogP contribution in [0.25, 0.3) is 0 Å². The molecule has 3 heterocycles. The van der Waals surface area contributed by atoms with Gasteiger partial charge in [-0.2, -0.15) is 0 Å². The standard InChI is InChI=1S/C27H32N2O5/c30-25-10-12-27(28-25,16-21-8-9-23-24(15-21)34-19-33-23)13-11-26(31)29-14-4-7-22(17-29)32-18-20-5-2-1-3-6-20/h1-3,5-6,8-9,15,22H,4,7,10-14,16-19H2,(H,28,30)/t22-,27-/m0/s1. The number of piperidine rings is 1. The van der Waals surface area contributed by atoms with Crippen molar-refractivity contribution in [2.75, 3.05) is 19.9 Å². The molecule has 3 aliphatic rings. The predicted octanol–water partition coefficient (Wildman–Crippen LogP) is 3.59. The van der Waals surface area contributed by atoms with Gasteiger partial charge in [0.05, 0.1) is 12.7 Å². The Kier molecular flexibility index (Phi) is 6.72. The topological polar surface area (TPSA) is 77.1 Å². The van der Waals surface area contributed by atoms with Crippen LogP contribution in [0.1, 0.15) is 49.7 Å². The largest absolute Gasteiger partial charge is 0.454 e. The zero-order chi connectivity index (χ0) is 23.4. The van der Waals surface area contributed by atoms with E-state index in [2.05, 4.69) is 17.4 Å². The second-order valence-corrected chi connectivity index (χ2v) is 9.59. The van der Waals surface area contributed by atoms with Crippen molar-refractivity contribution in [2.45, 2.75) is 63.2 Å². The first kappa shape index (κ1) is 22.7. The fraction of sp³-hybridized carbons (Fsp3) is 0.481. The Labute approximate surface area is 200 Å². The van der Waals surface area contributed by atoms with Crippen LogP contribution in [0.4, 0.5) is 0 Å². The highest BCUT2D eigenvalue weighted by Crippen LogP contribution is 2.36. The van der Waals surface area contributed by atoms with E-state index in [-0.39, 0.29) is 24.7 Å². The van der Waals surface area contributed by atoms with Gasteiger partial charge < -0.3 is 24.4 Å². The number of rotatable bonds is 8. The van der Waals surface area contributed by atoms with Crippen molar-refractivity contribution < 1.29 is 23.8 Å². The molecule has 7 heteroatoms. The van der Waals surface area contributed by atoms with Crippen molar-refractivity contribution in [1.82, 2.24) is 10.2 Å². The van der Waals surface area contributed by atoms with Gasteiger partial charge in [0.25, 0.3) is 0 Å². The maximum Gasteiger partial charge on any atom is 0.231 e. The molecule has 0 spiro atoms. The molecule has 2 aromatic carbocycles.